The first kappa shape index (κ1) is 11.2. The lowest BCUT2D eigenvalue weighted by atomic mass is 10.1. The van der Waals surface area contributed by atoms with E-state index in [1.807, 2.05) is 11.8 Å². The number of hydrogen-bond donors (Lipinski definition) is 1. The molecule has 14 heavy (non-hydrogen) atoms. The van der Waals surface area contributed by atoms with E-state index >= 15 is 0 Å². The Kier molecular flexibility index (Phi) is 4.09. The lowest BCUT2D eigenvalue weighted by Crippen LogP contribution is -2.36. The summed E-state index contributed by atoms with van der Waals surface area (Å²) in [5.41, 5.74) is 0. The van der Waals surface area contributed by atoms with Gasteiger partial charge in [0.15, 0.2) is 0 Å². The van der Waals surface area contributed by atoms with Crippen LogP contribution in [-0.2, 0) is 0 Å². The first-order chi connectivity index (χ1) is 6.81. The fourth-order valence-corrected chi connectivity index (χ4v) is 5.29. The van der Waals surface area contributed by atoms with E-state index in [-0.39, 0.29) is 6.10 Å². The summed E-state index contributed by atoms with van der Waals surface area (Å²) >= 11 is 4.07. The van der Waals surface area contributed by atoms with Crippen LogP contribution in [0.1, 0.15) is 32.6 Å². The van der Waals surface area contributed by atoms with Crippen LogP contribution in [0.3, 0.4) is 0 Å². The van der Waals surface area contributed by atoms with Crippen molar-refractivity contribution in [3.63, 3.8) is 0 Å². The van der Waals surface area contributed by atoms with Gasteiger partial charge in [-0.15, -0.1) is 0 Å². The molecule has 82 valence electrons. The molecule has 0 amide bonds. The van der Waals surface area contributed by atoms with E-state index in [0.717, 1.165) is 12.3 Å². The van der Waals surface area contributed by atoms with Crippen LogP contribution < -0.4 is 0 Å². The van der Waals surface area contributed by atoms with Crippen molar-refractivity contribution in [1.82, 2.24) is 0 Å². The van der Waals surface area contributed by atoms with Gasteiger partial charge in [0.1, 0.15) is 0 Å². The largest absolute Gasteiger partial charge is 0.392 e. The molecule has 2 fully saturated rings. The highest BCUT2D eigenvalue weighted by atomic mass is 32.2. The summed E-state index contributed by atoms with van der Waals surface area (Å²) in [4.78, 5) is 0. The zero-order chi connectivity index (χ0) is 9.97. The van der Waals surface area contributed by atoms with Crippen LogP contribution in [0, 0.1) is 5.92 Å². The number of aliphatic hydroxyl groups is 1. The van der Waals surface area contributed by atoms with Gasteiger partial charge >= 0.3 is 0 Å². The summed E-state index contributed by atoms with van der Waals surface area (Å²) in [6.45, 7) is 2.25. The van der Waals surface area contributed by atoms with Crippen LogP contribution in [0.15, 0.2) is 0 Å². The zero-order valence-corrected chi connectivity index (χ0v) is 10.4. The molecule has 1 N–H and O–H groups in total. The zero-order valence-electron chi connectivity index (χ0n) is 8.82. The van der Waals surface area contributed by atoms with Crippen molar-refractivity contribution in [2.45, 2.75) is 49.2 Å². The fraction of sp³-hybridized carbons (Fsp3) is 1.00. The van der Waals surface area contributed by atoms with Crippen molar-refractivity contribution in [3.05, 3.63) is 0 Å². The minimum absolute atomic E-state index is 0.0368. The van der Waals surface area contributed by atoms with Crippen molar-refractivity contribution in [3.8, 4) is 0 Å². The summed E-state index contributed by atoms with van der Waals surface area (Å²) in [5.74, 6) is 3.36. The van der Waals surface area contributed by atoms with Crippen LogP contribution in [-0.4, -0.2) is 33.2 Å². The molecule has 1 heterocycles. The van der Waals surface area contributed by atoms with Gasteiger partial charge in [-0.1, -0.05) is 19.8 Å². The van der Waals surface area contributed by atoms with Gasteiger partial charge in [0.05, 0.1) is 6.10 Å². The SMILES string of the molecule is CCC1SCCSC1C(O)CC1CC1. The fourth-order valence-electron chi connectivity index (χ4n) is 2.12. The third-order valence-corrected chi connectivity index (χ3v) is 6.54. The summed E-state index contributed by atoms with van der Waals surface area (Å²) in [7, 11) is 0. The van der Waals surface area contributed by atoms with E-state index < -0.39 is 0 Å². The topological polar surface area (TPSA) is 20.2 Å². The van der Waals surface area contributed by atoms with E-state index in [0.29, 0.717) is 10.5 Å². The standard InChI is InChI=1S/C11H20OS2/c1-2-10-11(14-6-5-13-10)9(12)7-8-3-4-8/h8-12H,2-7H2,1H3. The Hall–Kier alpha value is 0.660. The van der Waals surface area contributed by atoms with E-state index in [1.54, 1.807) is 0 Å². The van der Waals surface area contributed by atoms with Gasteiger partial charge < -0.3 is 5.11 Å². The van der Waals surface area contributed by atoms with Gasteiger partial charge in [0.25, 0.3) is 0 Å². The molecule has 0 bridgehead atoms. The molecular weight excluding hydrogens is 212 g/mol. The smallest absolute Gasteiger partial charge is 0.0672 e. The summed E-state index contributed by atoms with van der Waals surface area (Å²) < 4.78 is 0. The Balaban J connectivity index is 1.84. The summed E-state index contributed by atoms with van der Waals surface area (Å²) in [6.07, 6.45) is 4.96. The van der Waals surface area contributed by atoms with E-state index in [4.69, 9.17) is 0 Å². The first-order valence-electron chi connectivity index (χ1n) is 5.72. The van der Waals surface area contributed by atoms with Crippen molar-refractivity contribution in [2.24, 2.45) is 5.92 Å². The molecule has 1 aliphatic carbocycles. The maximum Gasteiger partial charge on any atom is 0.0672 e. The molecule has 3 atom stereocenters. The van der Waals surface area contributed by atoms with Crippen LogP contribution in [0.25, 0.3) is 0 Å². The van der Waals surface area contributed by atoms with Crippen LogP contribution in [0.4, 0.5) is 0 Å². The number of thioether (sulfide) groups is 2. The molecule has 0 spiro atoms. The van der Waals surface area contributed by atoms with Gasteiger partial charge in [0.2, 0.25) is 0 Å². The van der Waals surface area contributed by atoms with Crippen LogP contribution in [0.2, 0.25) is 0 Å². The second-order valence-electron chi connectivity index (χ2n) is 4.40. The molecule has 0 radical (unpaired) electrons. The maximum absolute atomic E-state index is 10.2. The third kappa shape index (κ3) is 2.83. The van der Waals surface area contributed by atoms with Gasteiger partial charge in [-0.25, -0.2) is 0 Å². The number of hydrogen-bond acceptors (Lipinski definition) is 3. The van der Waals surface area contributed by atoms with Gasteiger partial charge in [-0.2, -0.15) is 23.5 Å². The normalized spacial score (nSPS) is 35.6. The average molecular weight is 232 g/mol. The monoisotopic (exact) mass is 232 g/mol. The molecule has 1 saturated carbocycles. The Bertz CT molecular complexity index is 182. The van der Waals surface area contributed by atoms with E-state index in [2.05, 4.69) is 18.7 Å². The highest BCUT2D eigenvalue weighted by Crippen LogP contribution is 2.40. The maximum atomic E-state index is 10.2. The van der Waals surface area contributed by atoms with Crippen molar-refractivity contribution >= 4 is 23.5 Å². The lowest BCUT2D eigenvalue weighted by molar-refractivity contribution is 0.152. The van der Waals surface area contributed by atoms with Crippen molar-refractivity contribution in [1.29, 1.82) is 0 Å². The minimum atomic E-state index is -0.0368. The first-order valence-corrected chi connectivity index (χ1v) is 7.82. The van der Waals surface area contributed by atoms with E-state index in [9.17, 15) is 5.11 Å². The molecule has 2 rings (SSSR count). The predicted octanol–water partition coefficient (Wildman–Crippen LogP) is 2.77. The van der Waals surface area contributed by atoms with Crippen LogP contribution >= 0.6 is 23.5 Å². The van der Waals surface area contributed by atoms with E-state index in [1.165, 1.54) is 30.8 Å². The number of rotatable bonds is 4. The summed E-state index contributed by atoms with van der Waals surface area (Å²) in [6, 6.07) is 0. The molecule has 0 aromatic carbocycles. The molecule has 2 aliphatic rings. The van der Waals surface area contributed by atoms with Crippen molar-refractivity contribution < 1.29 is 5.11 Å². The van der Waals surface area contributed by atoms with Gasteiger partial charge in [-0.05, 0) is 18.8 Å². The second-order valence-corrected chi connectivity index (χ2v) is 7.03. The molecule has 0 aromatic heterocycles. The predicted molar refractivity (Wildman–Crippen MR) is 66.1 cm³/mol. The lowest BCUT2D eigenvalue weighted by Gasteiger charge is -2.33. The molecule has 3 unspecified atom stereocenters. The Morgan fingerprint density at radius 2 is 2.00 bits per heavy atom. The highest BCUT2D eigenvalue weighted by Gasteiger charge is 2.34. The summed E-state index contributed by atoms with van der Waals surface area (Å²) in [5, 5.41) is 11.4. The molecule has 0 aromatic rings. The second kappa shape index (κ2) is 5.13. The van der Waals surface area contributed by atoms with Gasteiger partial charge in [0, 0.05) is 22.0 Å². The molecule has 1 aliphatic heterocycles. The molecule has 3 heteroatoms. The Morgan fingerprint density at radius 3 is 2.64 bits per heavy atom. The van der Waals surface area contributed by atoms with Gasteiger partial charge in [-0.3, -0.25) is 0 Å². The van der Waals surface area contributed by atoms with Crippen molar-refractivity contribution in [2.75, 3.05) is 11.5 Å². The minimum Gasteiger partial charge on any atom is -0.392 e. The number of aliphatic hydroxyl groups excluding tert-OH is 1. The molecule has 1 saturated heterocycles. The van der Waals surface area contributed by atoms with Crippen LogP contribution in [0.5, 0.6) is 0 Å². The average Bonchev–Trinajstić information content (AvgIpc) is 3.01. The molecular formula is C11H20OS2. The Labute approximate surface area is 95.4 Å². The quantitative estimate of drug-likeness (QED) is 0.805. The Morgan fingerprint density at radius 1 is 1.29 bits per heavy atom. The third-order valence-electron chi connectivity index (χ3n) is 3.15. The molecule has 1 nitrogen and oxygen atoms in total. The highest BCUT2D eigenvalue weighted by molar-refractivity contribution is 8.07.